The summed E-state index contributed by atoms with van der Waals surface area (Å²) in [5, 5.41) is 9.87. The van der Waals surface area contributed by atoms with Gasteiger partial charge in [0.05, 0.1) is 17.8 Å². The fourth-order valence-electron chi connectivity index (χ4n) is 6.80. The lowest BCUT2D eigenvalue weighted by molar-refractivity contribution is -0.239. The Labute approximate surface area is 145 Å². The Balaban J connectivity index is 1.76. The van der Waals surface area contributed by atoms with Crippen molar-refractivity contribution in [3.8, 4) is 0 Å². The zero-order valence-corrected chi connectivity index (χ0v) is 15.6. The van der Waals surface area contributed by atoms with Gasteiger partial charge in [0.25, 0.3) is 0 Å². The number of ether oxygens (including phenoxy) is 2. The van der Waals surface area contributed by atoms with E-state index >= 15 is 0 Å². The summed E-state index contributed by atoms with van der Waals surface area (Å²) in [5.41, 5.74) is -0.571. The molecule has 2 aliphatic heterocycles. The number of hydrogen-bond acceptors (Lipinski definition) is 4. The summed E-state index contributed by atoms with van der Waals surface area (Å²) in [7, 11) is 0. The van der Waals surface area contributed by atoms with Crippen LogP contribution in [0.15, 0.2) is 0 Å². The van der Waals surface area contributed by atoms with Crippen LogP contribution >= 0.6 is 0 Å². The van der Waals surface area contributed by atoms with Crippen LogP contribution in [0.25, 0.3) is 0 Å². The maximum absolute atomic E-state index is 12.9. The highest BCUT2D eigenvalue weighted by molar-refractivity contribution is 5.84. The summed E-state index contributed by atoms with van der Waals surface area (Å²) >= 11 is 0. The number of ketones is 1. The van der Waals surface area contributed by atoms with Crippen molar-refractivity contribution < 1.29 is 19.4 Å². The summed E-state index contributed by atoms with van der Waals surface area (Å²) in [6, 6.07) is 0. The van der Waals surface area contributed by atoms with Gasteiger partial charge in [0.2, 0.25) is 0 Å². The SMILES string of the molecule is C[C@@H]1C(=O)C[C@H]2C(C)(C)CCC[C@]2(C)[C@@]12CC[C@]1(CO[C@H](O)C1)O2. The van der Waals surface area contributed by atoms with Gasteiger partial charge in [0.1, 0.15) is 5.78 Å². The van der Waals surface area contributed by atoms with E-state index in [4.69, 9.17) is 9.47 Å². The van der Waals surface area contributed by atoms with Gasteiger partial charge >= 0.3 is 0 Å². The maximum atomic E-state index is 12.9. The first kappa shape index (κ1) is 17.0. The van der Waals surface area contributed by atoms with Crippen LogP contribution in [0, 0.1) is 22.7 Å². The van der Waals surface area contributed by atoms with E-state index in [9.17, 15) is 9.90 Å². The normalized spacial score (nSPS) is 53.7. The molecule has 24 heavy (non-hydrogen) atoms. The van der Waals surface area contributed by atoms with Crippen LogP contribution in [0.4, 0.5) is 0 Å². The average Bonchev–Trinajstić information content (AvgIpc) is 3.05. The molecule has 2 spiro atoms. The Hall–Kier alpha value is -0.450. The quantitative estimate of drug-likeness (QED) is 0.736. The van der Waals surface area contributed by atoms with Gasteiger partial charge in [-0.15, -0.1) is 0 Å². The molecule has 2 saturated carbocycles. The molecular formula is C20H32O4. The van der Waals surface area contributed by atoms with E-state index in [1.807, 2.05) is 0 Å². The molecule has 136 valence electrons. The lowest BCUT2D eigenvalue weighted by atomic mass is 9.44. The third-order valence-electron chi connectivity index (χ3n) is 8.22. The number of carbonyl (C=O) groups is 1. The van der Waals surface area contributed by atoms with Crippen molar-refractivity contribution in [3.63, 3.8) is 0 Å². The topological polar surface area (TPSA) is 55.8 Å². The second-order valence-corrected chi connectivity index (χ2v) is 9.85. The number of aliphatic hydroxyl groups excluding tert-OH is 1. The van der Waals surface area contributed by atoms with Crippen LogP contribution in [0.5, 0.6) is 0 Å². The van der Waals surface area contributed by atoms with Crippen molar-refractivity contribution in [2.45, 2.75) is 90.1 Å². The highest BCUT2D eigenvalue weighted by Crippen LogP contribution is 2.67. The van der Waals surface area contributed by atoms with Crippen molar-refractivity contribution in [3.05, 3.63) is 0 Å². The molecule has 0 aromatic rings. The van der Waals surface area contributed by atoms with Crippen LogP contribution in [-0.2, 0) is 14.3 Å². The highest BCUT2D eigenvalue weighted by Gasteiger charge is 2.69. The number of aliphatic hydroxyl groups is 1. The van der Waals surface area contributed by atoms with Crippen LogP contribution in [-0.4, -0.2) is 35.0 Å². The van der Waals surface area contributed by atoms with Gasteiger partial charge in [-0.2, -0.15) is 0 Å². The first-order valence-electron chi connectivity index (χ1n) is 9.67. The summed E-state index contributed by atoms with van der Waals surface area (Å²) in [4.78, 5) is 12.9. The van der Waals surface area contributed by atoms with Crippen LogP contribution in [0.3, 0.4) is 0 Å². The summed E-state index contributed by atoms with van der Waals surface area (Å²) < 4.78 is 12.3. The molecule has 0 amide bonds. The van der Waals surface area contributed by atoms with Crippen molar-refractivity contribution in [2.75, 3.05) is 6.61 Å². The third kappa shape index (κ3) is 2.05. The van der Waals surface area contributed by atoms with Gasteiger partial charge in [0.15, 0.2) is 6.29 Å². The summed E-state index contributed by atoms with van der Waals surface area (Å²) in [6.07, 6.45) is 5.86. The average molecular weight is 336 g/mol. The molecule has 4 rings (SSSR count). The lowest BCUT2D eigenvalue weighted by Gasteiger charge is -2.63. The van der Waals surface area contributed by atoms with Gasteiger partial charge in [-0.05, 0) is 37.0 Å². The van der Waals surface area contributed by atoms with E-state index in [1.54, 1.807) is 0 Å². The van der Waals surface area contributed by atoms with Crippen molar-refractivity contribution in [2.24, 2.45) is 22.7 Å². The van der Waals surface area contributed by atoms with E-state index in [1.165, 1.54) is 12.8 Å². The van der Waals surface area contributed by atoms with E-state index in [-0.39, 0.29) is 22.3 Å². The Morgan fingerprint density at radius 2 is 1.88 bits per heavy atom. The largest absolute Gasteiger partial charge is 0.368 e. The predicted molar refractivity (Wildman–Crippen MR) is 90.4 cm³/mol. The number of fused-ring (bicyclic) bond motifs is 2. The van der Waals surface area contributed by atoms with Gasteiger partial charge in [-0.25, -0.2) is 0 Å². The molecule has 4 aliphatic rings. The molecule has 0 aromatic heterocycles. The number of Topliss-reactive ketones (excluding diaryl/α,β-unsaturated/α-hetero) is 1. The molecule has 6 atom stereocenters. The first-order chi connectivity index (χ1) is 11.1. The van der Waals surface area contributed by atoms with E-state index in [0.29, 0.717) is 31.1 Å². The smallest absolute Gasteiger partial charge is 0.157 e. The van der Waals surface area contributed by atoms with Crippen molar-refractivity contribution in [1.82, 2.24) is 0 Å². The zero-order valence-electron chi connectivity index (χ0n) is 15.6. The molecule has 4 heteroatoms. The summed E-state index contributed by atoms with van der Waals surface area (Å²) in [5.74, 6) is 0.679. The lowest BCUT2D eigenvalue weighted by Crippen LogP contribution is -2.65. The first-order valence-corrected chi connectivity index (χ1v) is 9.67. The van der Waals surface area contributed by atoms with Gasteiger partial charge in [-0.3, -0.25) is 4.79 Å². The van der Waals surface area contributed by atoms with Gasteiger partial charge < -0.3 is 14.6 Å². The molecular weight excluding hydrogens is 304 g/mol. The second kappa shape index (κ2) is 5.05. The molecule has 1 N–H and O–H groups in total. The van der Waals surface area contributed by atoms with E-state index < -0.39 is 11.9 Å². The molecule has 4 nitrogen and oxygen atoms in total. The van der Waals surface area contributed by atoms with E-state index in [0.717, 1.165) is 19.3 Å². The third-order valence-corrected chi connectivity index (χ3v) is 8.22. The molecule has 2 heterocycles. The maximum Gasteiger partial charge on any atom is 0.157 e. The minimum absolute atomic E-state index is 0.0269. The predicted octanol–water partition coefficient (Wildman–Crippen LogP) is 3.45. The second-order valence-electron chi connectivity index (χ2n) is 9.85. The Morgan fingerprint density at radius 1 is 1.12 bits per heavy atom. The fraction of sp³-hybridized carbons (Fsp3) is 0.950. The molecule has 0 bridgehead atoms. The number of hydrogen-bond donors (Lipinski definition) is 1. The monoisotopic (exact) mass is 336 g/mol. The zero-order chi connectivity index (χ0) is 17.4. The van der Waals surface area contributed by atoms with Crippen LogP contribution in [0.1, 0.15) is 72.6 Å². The molecule has 0 unspecified atom stereocenters. The Kier molecular flexibility index (Phi) is 3.57. The standard InChI is InChI=1S/C20H32O4/c1-13-14(21)10-15-17(2,3)6-5-7-18(15,4)20(13)9-8-19(24-20)11-16(22)23-12-19/h13,15-16,22H,5-12H2,1-4H3/t13-,15+,16+,18+,19+,20-/m1/s1. The molecule has 2 aliphatic carbocycles. The summed E-state index contributed by atoms with van der Waals surface area (Å²) in [6.45, 7) is 9.59. The Morgan fingerprint density at radius 3 is 2.54 bits per heavy atom. The molecule has 0 aromatic carbocycles. The van der Waals surface area contributed by atoms with Gasteiger partial charge in [0, 0.05) is 24.2 Å². The number of rotatable bonds is 0. The van der Waals surface area contributed by atoms with Crippen LogP contribution < -0.4 is 0 Å². The number of carbonyl (C=O) groups excluding carboxylic acids is 1. The fourth-order valence-corrected chi connectivity index (χ4v) is 6.80. The Bertz CT molecular complexity index is 558. The van der Waals surface area contributed by atoms with Crippen molar-refractivity contribution in [1.29, 1.82) is 0 Å². The molecule has 0 radical (unpaired) electrons. The minimum atomic E-state index is -0.721. The minimum Gasteiger partial charge on any atom is -0.368 e. The molecule has 4 fully saturated rings. The van der Waals surface area contributed by atoms with Crippen molar-refractivity contribution >= 4 is 5.78 Å². The molecule has 2 saturated heterocycles. The highest BCUT2D eigenvalue weighted by atomic mass is 16.6. The van der Waals surface area contributed by atoms with Gasteiger partial charge in [-0.1, -0.05) is 34.1 Å². The van der Waals surface area contributed by atoms with Crippen LogP contribution in [0.2, 0.25) is 0 Å². The van der Waals surface area contributed by atoms with E-state index in [2.05, 4.69) is 27.7 Å².